The number of hydrogen-bond donors (Lipinski definition) is 1. The van der Waals surface area contributed by atoms with Crippen LogP contribution in [0, 0.1) is 0 Å². The van der Waals surface area contributed by atoms with E-state index in [2.05, 4.69) is 24.4 Å². The molecular formula is C14H21NO2. The fourth-order valence-corrected chi connectivity index (χ4v) is 1.90. The van der Waals surface area contributed by atoms with E-state index in [9.17, 15) is 0 Å². The van der Waals surface area contributed by atoms with Crippen LogP contribution >= 0.6 is 0 Å². The zero-order chi connectivity index (χ0) is 11.9. The molecule has 1 aliphatic rings. The van der Waals surface area contributed by atoms with Crippen LogP contribution < -0.4 is 14.8 Å². The molecule has 0 bridgehead atoms. The summed E-state index contributed by atoms with van der Waals surface area (Å²) in [6, 6.07) is 6.22. The largest absolute Gasteiger partial charge is 0.486 e. The lowest BCUT2D eigenvalue weighted by atomic mass is 10.1. The number of rotatable bonds is 6. The summed E-state index contributed by atoms with van der Waals surface area (Å²) in [4.78, 5) is 0. The first-order valence-electron chi connectivity index (χ1n) is 6.49. The fraction of sp³-hybridized carbons (Fsp3) is 0.571. The van der Waals surface area contributed by atoms with Gasteiger partial charge in [-0.25, -0.2) is 0 Å². The Morgan fingerprint density at radius 1 is 1.12 bits per heavy atom. The van der Waals surface area contributed by atoms with Gasteiger partial charge in [-0.15, -0.1) is 0 Å². The van der Waals surface area contributed by atoms with E-state index in [-0.39, 0.29) is 0 Å². The second-order valence-corrected chi connectivity index (χ2v) is 4.33. The summed E-state index contributed by atoms with van der Waals surface area (Å²) in [6.07, 6.45) is 3.54. The molecule has 1 N–H and O–H groups in total. The smallest absolute Gasteiger partial charge is 0.161 e. The molecule has 0 aliphatic carbocycles. The van der Waals surface area contributed by atoms with Gasteiger partial charge >= 0.3 is 0 Å². The predicted octanol–water partition coefficient (Wildman–Crippen LogP) is 2.39. The molecule has 0 saturated heterocycles. The van der Waals surface area contributed by atoms with Crippen molar-refractivity contribution < 1.29 is 9.47 Å². The molecule has 1 aromatic rings. The lowest BCUT2D eigenvalue weighted by molar-refractivity contribution is 0.171. The van der Waals surface area contributed by atoms with E-state index in [0.717, 1.165) is 31.0 Å². The zero-order valence-corrected chi connectivity index (χ0v) is 10.5. The molecule has 3 heteroatoms. The van der Waals surface area contributed by atoms with Crippen molar-refractivity contribution in [3.63, 3.8) is 0 Å². The Kier molecular flexibility index (Phi) is 4.68. The van der Waals surface area contributed by atoms with Gasteiger partial charge in [0.05, 0.1) is 0 Å². The molecule has 1 aromatic carbocycles. The quantitative estimate of drug-likeness (QED) is 0.768. The first-order valence-corrected chi connectivity index (χ1v) is 6.49. The summed E-state index contributed by atoms with van der Waals surface area (Å²) >= 11 is 0. The maximum atomic E-state index is 5.56. The van der Waals surface area contributed by atoms with E-state index in [1.807, 2.05) is 6.07 Å². The van der Waals surface area contributed by atoms with Gasteiger partial charge in [0, 0.05) is 0 Å². The first kappa shape index (κ1) is 12.2. The Bertz CT molecular complexity index is 352. The van der Waals surface area contributed by atoms with E-state index in [1.165, 1.54) is 18.4 Å². The fourth-order valence-electron chi connectivity index (χ4n) is 1.90. The Balaban J connectivity index is 1.81. The summed E-state index contributed by atoms with van der Waals surface area (Å²) in [5, 5.41) is 3.44. The minimum absolute atomic E-state index is 0.658. The van der Waals surface area contributed by atoms with Gasteiger partial charge in [-0.3, -0.25) is 0 Å². The predicted molar refractivity (Wildman–Crippen MR) is 68.9 cm³/mol. The monoisotopic (exact) mass is 235 g/mol. The highest BCUT2D eigenvalue weighted by Gasteiger charge is 2.11. The average molecular weight is 235 g/mol. The molecule has 3 nitrogen and oxygen atoms in total. The number of hydrogen-bond acceptors (Lipinski definition) is 3. The zero-order valence-electron chi connectivity index (χ0n) is 10.5. The molecule has 0 aromatic heterocycles. The van der Waals surface area contributed by atoms with Gasteiger partial charge in [-0.1, -0.05) is 19.4 Å². The third kappa shape index (κ3) is 3.63. The van der Waals surface area contributed by atoms with Crippen molar-refractivity contribution in [2.24, 2.45) is 0 Å². The standard InChI is InChI=1S/C14H21NO2/c1-2-3-7-15-8-6-12-4-5-13-14(11-12)17-10-9-16-13/h4-5,11,15H,2-3,6-10H2,1H3. The highest BCUT2D eigenvalue weighted by atomic mass is 16.6. The Labute approximate surface area is 103 Å². The average Bonchev–Trinajstić information content (AvgIpc) is 2.38. The van der Waals surface area contributed by atoms with Crippen molar-refractivity contribution in [2.75, 3.05) is 26.3 Å². The van der Waals surface area contributed by atoms with Crippen molar-refractivity contribution in [1.82, 2.24) is 5.32 Å². The molecule has 0 saturated carbocycles. The normalized spacial score (nSPS) is 13.7. The van der Waals surface area contributed by atoms with Crippen molar-refractivity contribution in [3.8, 4) is 11.5 Å². The van der Waals surface area contributed by atoms with Crippen molar-refractivity contribution in [3.05, 3.63) is 23.8 Å². The number of unbranched alkanes of at least 4 members (excludes halogenated alkanes) is 1. The van der Waals surface area contributed by atoms with Crippen molar-refractivity contribution in [1.29, 1.82) is 0 Å². The molecule has 94 valence electrons. The molecule has 0 atom stereocenters. The topological polar surface area (TPSA) is 30.5 Å². The molecule has 0 radical (unpaired) electrons. The minimum Gasteiger partial charge on any atom is -0.486 e. The van der Waals surface area contributed by atoms with E-state index < -0.39 is 0 Å². The van der Waals surface area contributed by atoms with E-state index in [1.54, 1.807) is 0 Å². The number of ether oxygens (including phenoxy) is 2. The van der Waals surface area contributed by atoms with Crippen molar-refractivity contribution >= 4 is 0 Å². The maximum absolute atomic E-state index is 5.56. The van der Waals surface area contributed by atoms with Gasteiger partial charge in [-0.05, 0) is 43.6 Å². The van der Waals surface area contributed by atoms with Crippen LogP contribution in [0.5, 0.6) is 11.5 Å². The Morgan fingerprint density at radius 3 is 2.76 bits per heavy atom. The van der Waals surface area contributed by atoms with Gasteiger partial charge in [-0.2, -0.15) is 0 Å². The maximum Gasteiger partial charge on any atom is 0.161 e. The summed E-state index contributed by atoms with van der Waals surface area (Å²) in [7, 11) is 0. The summed E-state index contributed by atoms with van der Waals surface area (Å²) in [6.45, 7) is 5.67. The van der Waals surface area contributed by atoms with E-state index >= 15 is 0 Å². The van der Waals surface area contributed by atoms with Gasteiger partial charge in [0.2, 0.25) is 0 Å². The van der Waals surface area contributed by atoms with E-state index in [0.29, 0.717) is 13.2 Å². The van der Waals surface area contributed by atoms with Gasteiger partial charge in [0.15, 0.2) is 11.5 Å². The molecule has 1 heterocycles. The molecule has 0 unspecified atom stereocenters. The van der Waals surface area contributed by atoms with Gasteiger partial charge in [0.1, 0.15) is 13.2 Å². The second-order valence-electron chi connectivity index (χ2n) is 4.33. The molecule has 0 amide bonds. The number of nitrogens with one attached hydrogen (secondary N) is 1. The Morgan fingerprint density at radius 2 is 1.94 bits per heavy atom. The highest BCUT2D eigenvalue weighted by Crippen LogP contribution is 2.30. The Hall–Kier alpha value is -1.22. The van der Waals surface area contributed by atoms with Crippen LogP contribution in [0.1, 0.15) is 25.3 Å². The molecule has 0 spiro atoms. The number of fused-ring (bicyclic) bond motifs is 1. The van der Waals surface area contributed by atoms with Crippen LogP contribution in [0.3, 0.4) is 0 Å². The van der Waals surface area contributed by atoms with Gasteiger partial charge in [0.25, 0.3) is 0 Å². The summed E-state index contributed by atoms with van der Waals surface area (Å²) in [5.74, 6) is 1.77. The van der Waals surface area contributed by atoms with Crippen LogP contribution in [0.15, 0.2) is 18.2 Å². The lowest BCUT2D eigenvalue weighted by Crippen LogP contribution is -2.19. The molecule has 17 heavy (non-hydrogen) atoms. The summed E-state index contributed by atoms with van der Waals surface area (Å²) in [5.41, 5.74) is 1.30. The molecule has 1 aliphatic heterocycles. The molecule has 0 fully saturated rings. The second kappa shape index (κ2) is 6.50. The third-order valence-electron chi connectivity index (χ3n) is 2.90. The van der Waals surface area contributed by atoms with Crippen molar-refractivity contribution in [2.45, 2.75) is 26.2 Å². The van der Waals surface area contributed by atoms with Crippen LogP contribution in [0.2, 0.25) is 0 Å². The highest BCUT2D eigenvalue weighted by molar-refractivity contribution is 5.43. The molecule has 2 rings (SSSR count). The van der Waals surface area contributed by atoms with Crippen LogP contribution in [0.25, 0.3) is 0 Å². The first-order chi connectivity index (χ1) is 8.40. The molecular weight excluding hydrogens is 214 g/mol. The third-order valence-corrected chi connectivity index (χ3v) is 2.90. The summed E-state index contributed by atoms with van der Waals surface area (Å²) < 4.78 is 11.1. The van der Waals surface area contributed by atoms with Crippen LogP contribution in [0.4, 0.5) is 0 Å². The van der Waals surface area contributed by atoms with Crippen LogP contribution in [-0.4, -0.2) is 26.3 Å². The SMILES string of the molecule is CCCCNCCc1ccc2c(c1)OCCO2. The lowest BCUT2D eigenvalue weighted by Gasteiger charge is -2.18. The minimum atomic E-state index is 0.658. The van der Waals surface area contributed by atoms with Gasteiger partial charge < -0.3 is 14.8 Å². The van der Waals surface area contributed by atoms with E-state index in [4.69, 9.17) is 9.47 Å². The van der Waals surface area contributed by atoms with Crippen LogP contribution in [-0.2, 0) is 6.42 Å². The number of benzene rings is 1.